The summed E-state index contributed by atoms with van der Waals surface area (Å²) < 4.78 is 0. The summed E-state index contributed by atoms with van der Waals surface area (Å²) in [5, 5.41) is 14.3. The van der Waals surface area contributed by atoms with Crippen LogP contribution in [0.5, 0.6) is 0 Å². The SMILES string of the molecule is NNC(c1ccsc1)c1cn[nH]n1. The fourth-order valence-corrected chi connectivity index (χ4v) is 1.83. The standard InChI is InChI=1S/C7H9N5S/c8-10-7(5-1-2-13-4-5)6-3-9-12-11-6/h1-4,7,10H,8H2,(H,9,11,12). The molecule has 1 unspecified atom stereocenters. The van der Waals surface area contributed by atoms with Gasteiger partial charge in [-0.15, -0.1) is 0 Å². The van der Waals surface area contributed by atoms with Crippen LogP contribution in [-0.4, -0.2) is 15.4 Å². The Balaban J connectivity index is 2.29. The lowest BCUT2D eigenvalue weighted by atomic mass is 10.1. The molecule has 0 aliphatic heterocycles. The van der Waals surface area contributed by atoms with Crippen LogP contribution < -0.4 is 11.3 Å². The molecular weight excluding hydrogens is 186 g/mol. The largest absolute Gasteiger partial charge is 0.271 e. The molecule has 0 bridgehead atoms. The second-order valence-electron chi connectivity index (χ2n) is 2.55. The lowest BCUT2D eigenvalue weighted by Gasteiger charge is -2.10. The topological polar surface area (TPSA) is 79.6 Å². The molecule has 0 aliphatic carbocycles. The van der Waals surface area contributed by atoms with Crippen LogP contribution in [0.15, 0.2) is 23.0 Å². The Kier molecular flexibility index (Phi) is 2.35. The van der Waals surface area contributed by atoms with E-state index in [4.69, 9.17) is 5.84 Å². The number of nitrogens with zero attached hydrogens (tertiary/aromatic N) is 2. The van der Waals surface area contributed by atoms with Crippen molar-refractivity contribution in [3.63, 3.8) is 0 Å². The second-order valence-corrected chi connectivity index (χ2v) is 3.33. The predicted octanol–water partition coefficient (Wildman–Crippen LogP) is 0.419. The van der Waals surface area contributed by atoms with Crippen molar-refractivity contribution in [2.24, 2.45) is 5.84 Å². The maximum atomic E-state index is 5.43. The first kappa shape index (κ1) is 8.36. The van der Waals surface area contributed by atoms with Gasteiger partial charge in [0.25, 0.3) is 0 Å². The number of H-pyrrole nitrogens is 1. The number of aromatic amines is 1. The van der Waals surface area contributed by atoms with Crippen LogP contribution in [0.4, 0.5) is 0 Å². The van der Waals surface area contributed by atoms with Crippen molar-refractivity contribution in [2.45, 2.75) is 6.04 Å². The van der Waals surface area contributed by atoms with E-state index in [9.17, 15) is 0 Å². The molecule has 2 heterocycles. The van der Waals surface area contributed by atoms with Crippen LogP contribution in [0.3, 0.4) is 0 Å². The first-order valence-corrected chi connectivity index (χ1v) is 4.70. The van der Waals surface area contributed by atoms with Gasteiger partial charge in [-0.25, -0.2) is 5.43 Å². The summed E-state index contributed by atoms with van der Waals surface area (Å²) in [5.74, 6) is 5.43. The minimum Gasteiger partial charge on any atom is -0.271 e. The Hall–Kier alpha value is -1.24. The summed E-state index contributed by atoms with van der Waals surface area (Å²) in [5.41, 5.74) is 4.58. The Morgan fingerprint density at radius 1 is 1.62 bits per heavy atom. The van der Waals surface area contributed by atoms with Crippen molar-refractivity contribution in [2.75, 3.05) is 0 Å². The second kappa shape index (κ2) is 3.65. The molecule has 0 amide bonds. The molecule has 13 heavy (non-hydrogen) atoms. The Morgan fingerprint density at radius 3 is 3.08 bits per heavy atom. The molecule has 0 radical (unpaired) electrons. The third kappa shape index (κ3) is 1.59. The minimum atomic E-state index is -0.0787. The molecule has 0 saturated heterocycles. The van der Waals surface area contributed by atoms with Crippen LogP contribution in [-0.2, 0) is 0 Å². The van der Waals surface area contributed by atoms with E-state index in [0.29, 0.717) is 0 Å². The Morgan fingerprint density at radius 2 is 2.54 bits per heavy atom. The van der Waals surface area contributed by atoms with Gasteiger partial charge in [0.15, 0.2) is 0 Å². The van der Waals surface area contributed by atoms with Crippen molar-refractivity contribution < 1.29 is 0 Å². The molecule has 0 spiro atoms. The minimum absolute atomic E-state index is 0.0787. The first-order valence-electron chi connectivity index (χ1n) is 3.75. The normalized spacial score (nSPS) is 13.0. The number of aromatic nitrogens is 3. The monoisotopic (exact) mass is 195 g/mol. The van der Waals surface area contributed by atoms with Gasteiger partial charge in [0.1, 0.15) is 5.69 Å². The Labute approximate surface area is 78.9 Å². The van der Waals surface area contributed by atoms with E-state index in [1.165, 1.54) is 0 Å². The molecule has 2 aromatic heterocycles. The average molecular weight is 195 g/mol. The molecule has 2 aromatic rings. The summed E-state index contributed by atoms with van der Waals surface area (Å²) in [7, 11) is 0. The highest BCUT2D eigenvalue weighted by atomic mass is 32.1. The number of rotatable bonds is 3. The maximum absolute atomic E-state index is 5.43. The molecule has 0 aromatic carbocycles. The summed E-state index contributed by atoms with van der Waals surface area (Å²) in [6, 6.07) is 1.93. The molecule has 4 N–H and O–H groups in total. The Bertz CT molecular complexity index is 307. The van der Waals surface area contributed by atoms with Crippen LogP contribution in [0.25, 0.3) is 0 Å². The molecule has 1 atom stereocenters. The number of thiophene rings is 1. The summed E-state index contributed by atoms with van der Waals surface area (Å²) in [4.78, 5) is 0. The number of nitrogens with one attached hydrogen (secondary N) is 2. The maximum Gasteiger partial charge on any atom is 0.105 e. The van der Waals surface area contributed by atoms with E-state index in [1.807, 2.05) is 16.8 Å². The lowest BCUT2D eigenvalue weighted by Crippen LogP contribution is -2.28. The van der Waals surface area contributed by atoms with Gasteiger partial charge < -0.3 is 0 Å². The zero-order valence-corrected chi connectivity index (χ0v) is 7.58. The number of nitrogens with two attached hydrogens (primary N) is 1. The van der Waals surface area contributed by atoms with Crippen molar-refractivity contribution in [3.05, 3.63) is 34.3 Å². The third-order valence-corrected chi connectivity index (χ3v) is 2.47. The third-order valence-electron chi connectivity index (χ3n) is 1.77. The van der Waals surface area contributed by atoms with E-state index >= 15 is 0 Å². The highest BCUT2D eigenvalue weighted by Gasteiger charge is 2.14. The zero-order chi connectivity index (χ0) is 9.10. The van der Waals surface area contributed by atoms with Gasteiger partial charge in [-0.2, -0.15) is 26.7 Å². The van der Waals surface area contributed by atoms with Gasteiger partial charge in [0.2, 0.25) is 0 Å². The first-order chi connectivity index (χ1) is 6.42. The van der Waals surface area contributed by atoms with Crippen molar-refractivity contribution in [1.29, 1.82) is 0 Å². The lowest BCUT2D eigenvalue weighted by molar-refractivity contribution is 0.620. The molecule has 0 saturated carbocycles. The molecule has 5 nitrogen and oxygen atoms in total. The molecule has 6 heteroatoms. The van der Waals surface area contributed by atoms with Gasteiger partial charge in [-0.05, 0) is 22.4 Å². The predicted molar refractivity (Wildman–Crippen MR) is 49.9 cm³/mol. The zero-order valence-electron chi connectivity index (χ0n) is 6.77. The fourth-order valence-electron chi connectivity index (χ4n) is 1.14. The van der Waals surface area contributed by atoms with E-state index in [0.717, 1.165) is 11.3 Å². The van der Waals surface area contributed by atoms with Gasteiger partial charge in [-0.1, -0.05) is 0 Å². The van der Waals surface area contributed by atoms with Gasteiger partial charge in [0, 0.05) is 0 Å². The highest BCUT2D eigenvalue weighted by Crippen LogP contribution is 2.20. The molecule has 68 valence electrons. The summed E-state index contributed by atoms with van der Waals surface area (Å²) in [6.45, 7) is 0. The number of hydrogen-bond acceptors (Lipinski definition) is 5. The fraction of sp³-hybridized carbons (Fsp3) is 0.143. The van der Waals surface area contributed by atoms with Gasteiger partial charge >= 0.3 is 0 Å². The van der Waals surface area contributed by atoms with Gasteiger partial charge in [-0.3, -0.25) is 5.84 Å². The number of hydrogen-bond donors (Lipinski definition) is 3. The van der Waals surface area contributed by atoms with Crippen molar-refractivity contribution >= 4 is 11.3 Å². The van der Waals surface area contributed by atoms with Crippen LogP contribution in [0.1, 0.15) is 17.3 Å². The smallest absolute Gasteiger partial charge is 0.105 e. The molecule has 0 fully saturated rings. The van der Waals surface area contributed by atoms with E-state index < -0.39 is 0 Å². The van der Waals surface area contributed by atoms with Crippen molar-refractivity contribution in [3.8, 4) is 0 Å². The quantitative estimate of drug-likeness (QED) is 0.490. The van der Waals surface area contributed by atoms with Crippen LogP contribution >= 0.6 is 11.3 Å². The number of hydrazine groups is 1. The molecular formula is C7H9N5S. The van der Waals surface area contributed by atoms with E-state index in [-0.39, 0.29) is 6.04 Å². The highest BCUT2D eigenvalue weighted by molar-refractivity contribution is 7.07. The van der Waals surface area contributed by atoms with Crippen molar-refractivity contribution in [1.82, 2.24) is 20.8 Å². The van der Waals surface area contributed by atoms with E-state index in [2.05, 4.69) is 20.8 Å². The summed E-state index contributed by atoms with van der Waals surface area (Å²) in [6.07, 6.45) is 1.65. The molecule has 0 aliphatic rings. The van der Waals surface area contributed by atoms with Gasteiger partial charge in [0.05, 0.1) is 12.2 Å². The van der Waals surface area contributed by atoms with Crippen LogP contribution in [0, 0.1) is 0 Å². The summed E-state index contributed by atoms with van der Waals surface area (Å²) >= 11 is 1.63. The van der Waals surface area contributed by atoms with Crippen LogP contribution in [0.2, 0.25) is 0 Å². The molecule has 2 rings (SSSR count). The average Bonchev–Trinajstić information content (AvgIpc) is 2.76. The van der Waals surface area contributed by atoms with E-state index in [1.54, 1.807) is 17.5 Å².